The second kappa shape index (κ2) is 11.3. The monoisotopic (exact) mass is 577 g/mol. The minimum Gasteiger partial charge on any atom is -0.479 e. The number of fused-ring (bicyclic) bond motifs is 1. The number of carbonyl (C=O) groups is 1. The number of methoxy groups -OCH3 is 1. The first-order chi connectivity index (χ1) is 19.2. The highest BCUT2D eigenvalue weighted by atomic mass is 31.2. The number of aliphatic hydroxyl groups is 1. The predicted molar refractivity (Wildman–Crippen MR) is 141 cm³/mol. The lowest BCUT2D eigenvalue weighted by molar-refractivity contribution is -0.225. The van der Waals surface area contributed by atoms with Gasteiger partial charge in [-0.1, -0.05) is 25.1 Å². The zero-order chi connectivity index (χ0) is 28.5. The second-order valence-electron chi connectivity index (χ2n) is 9.59. The van der Waals surface area contributed by atoms with Crippen LogP contribution in [0.2, 0.25) is 0 Å². The van der Waals surface area contributed by atoms with E-state index in [0.29, 0.717) is 29.9 Å². The van der Waals surface area contributed by atoms with Crippen molar-refractivity contribution in [2.45, 2.75) is 44.3 Å². The molecule has 5 rings (SSSR count). The minimum atomic E-state index is -3.93. The first-order valence-corrected chi connectivity index (χ1v) is 14.6. The maximum absolute atomic E-state index is 13.9. The molecule has 40 heavy (non-hydrogen) atoms. The number of anilines is 1. The number of para-hydroxylation sites is 1. The number of nitrogens with two attached hydrogens (primary N) is 1. The highest BCUT2D eigenvalue weighted by Gasteiger charge is 2.62. The Balaban J connectivity index is 1.39. The van der Waals surface area contributed by atoms with Crippen molar-refractivity contribution in [1.29, 1.82) is 0 Å². The summed E-state index contributed by atoms with van der Waals surface area (Å²) in [6.45, 7) is 3.56. The van der Waals surface area contributed by atoms with E-state index in [-0.39, 0.29) is 31.2 Å². The van der Waals surface area contributed by atoms with E-state index in [1.165, 1.54) is 13.4 Å². The van der Waals surface area contributed by atoms with Gasteiger partial charge in [0.25, 0.3) is 0 Å². The summed E-state index contributed by atoms with van der Waals surface area (Å²) in [7, 11) is -2.48. The number of hydrogen-bond donors (Lipinski definition) is 2. The summed E-state index contributed by atoms with van der Waals surface area (Å²) in [6.07, 6.45) is -1.26. The van der Waals surface area contributed by atoms with Gasteiger partial charge in [0.15, 0.2) is 17.4 Å². The van der Waals surface area contributed by atoms with Crippen LogP contribution in [0.15, 0.2) is 36.7 Å². The van der Waals surface area contributed by atoms with Crippen molar-refractivity contribution in [3.05, 3.63) is 36.7 Å². The Bertz CT molecular complexity index is 1400. The zero-order valence-electron chi connectivity index (χ0n) is 22.3. The molecule has 6 atom stereocenters. The molecule has 2 saturated heterocycles. The molecule has 2 aliphatic heterocycles. The summed E-state index contributed by atoms with van der Waals surface area (Å²) in [5.41, 5.74) is 5.44. The van der Waals surface area contributed by atoms with E-state index in [0.717, 1.165) is 0 Å². The molecule has 0 bridgehead atoms. The number of nitrogens with zero attached hydrogens (tertiary/aromatic N) is 4. The molecule has 0 aliphatic carbocycles. The number of imidazole rings is 1. The SMILES string of the molecule is CCOC(=O)[C@H](C)CP(=O)(OCC1OC(n2cnc3c(OC)nc(N)nc32)[C@@]2(CCO2)[C@@H]1O)Oc1ccccc1. The van der Waals surface area contributed by atoms with Crippen LogP contribution in [0.3, 0.4) is 0 Å². The molecular formula is C25H32N5O9P. The Kier molecular flexibility index (Phi) is 7.98. The molecule has 1 spiro atoms. The van der Waals surface area contributed by atoms with Gasteiger partial charge in [-0.15, -0.1) is 0 Å². The van der Waals surface area contributed by atoms with Gasteiger partial charge < -0.3 is 34.3 Å². The van der Waals surface area contributed by atoms with Crippen molar-refractivity contribution in [3.63, 3.8) is 0 Å². The van der Waals surface area contributed by atoms with Gasteiger partial charge >= 0.3 is 13.6 Å². The Morgan fingerprint density at radius 1 is 1.32 bits per heavy atom. The van der Waals surface area contributed by atoms with Gasteiger partial charge in [-0.25, -0.2) is 9.55 Å². The molecule has 1 aromatic carbocycles. The Morgan fingerprint density at radius 3 is 2.73 bits per heavy atom. The summed E-state index contributed by atoms with van der Waals surface area (Å²) in [5.74, 6) is -0.815. The van der Waals surface area contributed by atoms with Crippen LogP contribution in [0, 0.1) is 5.92 Å². The molecule has 14 nitrogen and oxygen atoms in total. The Morgan fingerprint density at radius 2 is 2.08 bits per heavy atom. The average Bonchev–Trinajstić information content (AvgIpc) is 3.45. The quantitative estimate of drug-likeness (QED) is 0.251. The molecule has 3 N–H and O–H groups in total. The smallest absolute Gasteiger partial charge is 0.380 e. The van der Waals surface area contributed by atoms with Crippen LogP contribution in [0.4, 0.5) is 5.95 Å². The lowest BCUT2D eigenvalue weighted by Gasteiger charge is -2.44. The van der Waals surface area contributed by atoms with Gasteiger partial charge in [-0.3, -0.25) is 13.9 Å². The average molecular weight is 578 g/mol. The maximum atomic E-state index is 13.9. The third-order valence-electron chi connectivity index (χ3n) is 6.90. The van der Waals surface area contributed by atoms with Gasteiger partial charge in [-0.2, -0.15) is 9.97 Å². The molecule has 3 unspecified atom stereocenters. The molecule has 4 heterocycles. The molecule has 2 fully saturated rings. The van der Waals surface area contributed by atoms with Crippen molar-refractivity contribution in [2.75, 3.05) is 38.8 Å². The molecule has 0 saturated carbocycles. The standard InChI is InChI=1S/C25H32N5O9P/c1-4-35-22(32)15(2)13-40(33,39-16-8-6-5-7-9-16)37-12-17-19(31)25(10-11-36-25)23(38-17)30-14-27-18-20(30)28-24(26)29-21(18)34-3/h5-9,14-15,17,19,23,31H,4,10-13H2,1-3H3,(H2,26,28,29)/t15-,17?,19-,23?,25-,40?/m1/s1. The molecule has 0 radical (unpaired) electrons. The van der Waals surface area contributed by atoms with E-state index in [1.54, 1.807) is 48.7 Å². The first kappa shape index (κ1) is 28.2. The van der Waals surface area contributed by atoms with Crippen molar-refractivity contribution in [2.24, 2.45) is 5.92 Å². The van der Waals surface area contributed by atoms with Crippen LogP contribution in [0.25, 0.3) is 11.2 Å². The molecule has 2 aliphatic rings. The summed E-state index contributed by atoms with van der Waals surface area (Å²) < 4.78 is 49.6. The normalized spacial score (nSPS) is 26.2. The van der Waals surface area contributed by atoms with E-state index in [1.807, 2.05) is 0 Å². The molecular weight excluding hydrogens is 545 g/mol. The second-order valence-corrected chi connectivity index (χ2v) is 11.6. The molecule has 0 amide bonds. The highest BCUT2D eigenvalue weighted by molar-refractivity contribution is 7.54. The van der Waals surface area contributed by atoms with E-state index in [2.05, 4.69) is 15.0 Å². The van der Waals surface area contributed by atoms with Gasteiger partial charge in [0.2, 0.25) is 11.8 Å². The fourth-order valence-electron chi connectivity index (χ4n) is 4.87. The lowest BCUT2D eigenvalue weighted by atomic mass is 9.86. The highest BCUT2D eigenvalue weighted by Crippen LogP contribution is 2.53. The number of esters is 1. The van der Waals surface area contributed by atoms with Gasteiger partial charge in [-0.05, 0) is 19.1 Å². The third kappa shape index (κ3) is 5.25. The number of ether oxygens (including phenoxy) is 4. The number of aromatic nitrogens is 4. The first-order valence-electron chi connectivity index (χ1n) is 12.9. The van der Waals surface area contributed by atoms with Crippen LogP contribution < -0.4 is 15.0 Å². The van der Waals surface area contributed by atoms with Crippen LogP contribution in [0.5, 0.6) is 11.6 Å². The lowest BCUT2D eigenvalue weighted by Crippen LogP contribution is -2.56. The largest absolute Gasteiger partial charge is 0.479 e. The summed E-state index contributed by atoms with van der Waals surface area (Å²) in [6, 6.07) is 8.49. The van der Waals surface area contributed by atoms with Crippen LogP contribution >= 0.6 is 7.60 Å². The van der Waals surface area contributed by atoms with Crippen molar-refractivity contribution in [3.8, 4) is 11.6 Å². The number of aliphatic hydroxyl groups excluding tert-OH is 1. The molecule has 15 heteroatoms. The topological polar surface area (TPSA) is 179 Å². The maximum Gasteiger partial charge on any atom is 0.380 e. The van der Waals surface area contributed by atoms with Crippen LogP contribution in [-0.4, -0.2) is 81.5 Å². The molecule has 3 aromatic rings. The number of hydrogen-bond acceptors (Lipinski definition) is 13. The van der Waals surface area contributed by atoms with Crippen molar-refractivity contribution < 1.29 is 42.5 Å². The minimum absolute atomic E-state index is 0.0252. The van der Waals surface area contributed by atoms with Gasteiger partial charge in [0.1, 0.15) is 23.6 Å². The van der Waals surface area contributed by atoms with E-state index in [4.69, 9.17) is 33.7 Å². The Labute approximate surface area is 230 Å². The Hall–Kier alpha value is -3.29. The van der Waals surface area contributed by atoms with E-state index >= 15 is 0 Å². The van der Waals surface area contributed by atoms with Crippen molar-refractivity contribution in [1.82, 2.24) is 19.5 Å². The van der Waals surface area contributed by atoms with E-state index < -0.39 is 43.5 Å². The fraction of sp³-hybridized carbons (Fsp3) is 0.520. The number of nitrogen functional groups attached to an aromatic ring is 1. The number of rotatable bonds is 11. The zero-order valence-corrected chi connectivity index (χ0v) is 23.2. The third-order valence-corrected chi connectivity index (χ3v) is 8.93. The summed E-state index contributed by atoms with van der Waals surface area (Å²) in [4.78, 5) is 25.0. The molecule has 216 valence electrons. The molecule has 2 aromatic heterocycles. The fourth-order valence-corrected chi connectivity index (χ4v) is 6.74. The van der Waals surface area contributed by atoms with Crippen LogP contribution in [-0.2, 0) is 28.1 Å². The number of carbonyl (C=O) groups excluding carboxylic acids is 1. The van der Waals surface area contributed by atoms with Gasteiger partial charge in [0.05, 0.1) is 45.3 Å². The summed E-state index contributed by atoms with van der Waals surface area (Å²) >= 11 is 0. The summed E-state index contributed by atoms with van der Waals surface area (Å²) in [5, 5.41) is 11.3. The van der Waals surface area contributed by atoms with E-state index in [9.17, 15) is 14.5 Å². The van der Waals surface area contributed by atoms with Crippen LogP contribution in [0.1, 0.15) is 26.5 Å². The number of benzene rings is 1. The predicted octanol–water partition coefficient (Wildman–Crippen LogP) is 2.32. The van der Waals surface area contributed by atoms with Crippen molar-refractivity contribution >= 4 is 30.7 Å². The van der Waals surface area contributed by atoms with Gasteiger partial charge in [0, 0.05) is 6.42 Å².